The fourth-order valence-electron chi connectivity index (χ4n) is 18.5. The van der Waals surface area contributed by atoms with Crippen molar-refractivity contribution < 1.29 is 28.8 Å². The monoisotopic (exact) mass is 921 g/mol. The number of hydrogen-bond donors (Lipinski definition) is 2. The van der Waals surface area contributed by atoms with E-state index in [1.165, 1.54) is 107 Å². The highest BCUT2D eigenvalue weighted by atomic mass is 28.4. The standard InChI is InChI=1S/C58H100O6Si/c1-12-16-17-18-30-55(11,58(63-41(7)8)35-29-49-47-22-20-42-36-44(59)25-33-56(42,38-61-40(5)6)51(47)28-32-54(49,58)10)64-52-24-23-48-46-21-19-43-37-45(60)26-34-57(43,50(46)27-31-53(48,52)9)39-62-65(13-2,14-3)15-4/h36-37,40-41,44-52,59-60H,12-35,38-39H2,1-11H3/t44-,45+,46+,47?,48+,49?,50+,51?,52-,53+,54+,55?,56-,57-,58-/m1/s1. The number of aliphatic hydroxyl groups excluding tert-OH is 2. The summed E-state index contributed by atoms with van der Waals surface area (Å²) in [6, 6.07) is 3.59. The zero-order chi connectivity index (χ0) is 46.6. The van der Waals surface area contributed by atoms with Gasteiger partial charge in [0.05, 0.1) is 42.7 Å². The van der Waals surface area contributed by atoms with E-state index in [0.29, 0.717) is 35.5 Å². The minimum absolute atomic E-state index is 0.0159. The molecular formula is C58H100O6Si. The van der Waals surface area contributed by atoms with Crippen LogP contribution in [0.1, 0.15) is 211 Å². The van der Waals surface area contributed by atoms with Crippen LogP contribution in [-0.4, -0.2) is 73.5 Å². The lowest BCUT2D eigenvalue weighted by Crippen LogP contribution is -2.67. The van der Waals surface area contributed by atoms with E-state index in [2.05, 4.69) is 88.3 Å². The van der Waals surface area contributed by atoms with Gasteiger partial charge in [-0.25, -0.2) is 0 Å². The molecule has 0 aromatic heterocycles. The molecule has 0 spiro atoms. The Kier molecular flexibility index (Phi) is 15.3. The van der Waals surface area contributed by atoms with Gasteiger partial charge in [0.25, 0.3) is 0 Å². The summed E-state index contributed by atoms with van der Waals surface area (Å²) in [5.41, 5.74) is 2.61. The molecule has 4 unspecified atom stereocenters. The van der Waals surface area contributed by atoms with Gasteiger partial charge < -0.3 is 28.8 Å². The highest BCUT2D eigenvalue weighted by Crippen LogP contribution is 2.73. The first-order valence-corrected chi connectivity index (χ1v) is 30.9. The van der Waals surface area contributed by atoms with Crippen LogP contribution in [0.3, 0.4) is 0 Å². The van der Waals surface area contributed by atoms with Gasteiger partial charge in [-0.15, -0.1) is 0 Å². The predicted octanol–water partition coefficient (Wildman–Crippen LogP) is 14.3. The van der Waals surface area contributed by atoms with Crippen LogP contribution in [0.5, 0.6) is 0 Å². The third-order valence-electron chi connectivity index (χ3n) is 22.1. The van der Waals surface area contributed by atoms with E-state index in [-0.39, 0.29) is 63.4 Å². The molecule has 2 N–H and O–H groups in total. The first-order chi connectivity index (χ1) is 30.9. The Balaban J connectivity index is 1.10. The van der Waals surface area contributed by atoms with Crippen molar-refractivity contribution in [3.63, 3.8) is 0 Å². The highest BCUT2D eigenvalue weighted by Gasteiger charge is 2.72. The Morgan fingerprint density at radius 1 is 0.646 bits per heavy atom. The summed E-state index contributed by atoms with van der Waals surface area (Å²) in [5, 5.41) is 21.9. The van der Waals surface area contributed by atoms with Crippen LogP contribution >= 0.6 is 0 Å². The van der Waals surface area contributed by atoms with Gasteiger partial charge in [0.2, 0.25) is 0 Å². The van der Waals surface area contributed by atoms with E-state index < -0.39 is 8.32 Å². The average molecular weight is 922 g/mol. The number of fused-ring (bicyclic) bond motifs is 10. The molecule has 0 saturated heterocycles. The summed E-state index contributed by atoms with van der Waals surface area (Å²) in [4.78, 5) is 0. The predicted molar refractivity (Wildman–Crippen MR) is 269 cm³/mol. The molecule has 8 rings (SSSR count). The van der Waals surface area contributed by atoms with E-state index in [4.69, 9.17) is 18.6 Å². The second kappa shape index (κ2) is 19.6. The van der Waals surface area contributed by atoms with Crippen molar-refractivity contribution in [3.8, 4) is 0 Å². The maximum Gasteiger partial charge on any atom is 0.192 e. The molecular weight excluding hydrogens is 821 g/mol. The van der Waals surface area contributed by atoms with Gasteiger partial charge >= 0.3 is 0 Å². The number of aliphatic hydroxyl groups is 2. The Morgan fingerprint density at radius 2 is 1.23 bits per heavy atom. The van der Waals surface area contributed by atoms with E-state index in [9.17, 15) is 10.2 Å². The first-order valence-electron chi connectivity index (χ1n) is 28.3. The van der Waals surface area contributed by atoms with Gasteiger partial charge in [-0.05, 0) is 203 Å². The molecule has 0 amide bonds. The van der Waals surface area contributed by atoms with Crippen LogP contribution in [0, 0.1) is 57.2 Å². The van der Waals surface area contributed by atoms with Gasteiger partial charge in [0.15, 0.2) is 8.32 Å². The Hall–Kier alpha value is -0.543. The summed E-state index contributed by atoms with van der Waals surface area (Å²) in [7, 11) is -1.77. The average Bonchev–Trinajstić information content (AvgIpc) is 3.78. The molecule has 0 radical (unpaired) electrons. The highest BCUT2D eigenvalue weighted by molar-refractivity contribution is 6.73. The zero-order valence-corrected chi connectivity index (χ0v) is 44.9. The molecule has 0 aromatic carbocycles. The molecule has 0 aliphatic heterocycles. The normalized spacial score (nSPS) is 43.5. The molecule has 0 aromatic rings. The van der Waals surface area contributed by atoms with Crippen molar-refractivity contribution >= 4 is 8.32 Å². The molecule has 6 saturated carbocycles. The summed E-state index contributed by atoms with van der Waals surface area (Å²) in [6.07, 6.45) is 28.8. The lowest BCUT2D eigenvalue weighted by atomic mass is 9.45. The zero-order valence-electron chi connectivity index (χ0n) is 43.9. The fourth-order valence-corrected chi connectivity index (χ4v) is 21.2. The fraction of sp³-hybridized carbons (Fsp3) is 0.931. The smallest absolute Gasteiger partial charge is 0.192 e. The topological polar surface area (TPSA) is 77.4 Å². The van der Waals surface area contributed by atoms with Crippen molar-refractivity contribution in [2.75, 3.05) is 13.2 Å². The minimum atomic E-state index is -1.77. The van der Waals surface area contributed by atoms with Gasteiger partial charge in [-0.2, -0.15) is 0 Å². The number of rotatable bonds is 19. The van der Waals surface area contributed by atoms with Crippen molar-refractivity contribution in [1.82, 2.24) is 0 Å². The Morgan fingerprint density at radius 3 is 1.82 bits per heavy atom. The number of hydrogen-bond acceptors (Lipinski definition) is 6. The molecule has 372 valence electrons. The maximum absolute atomic E-state index is 11.0. The summed E-state index contributed by atoms with van der Waals surface area (Å²) >= 11 is 0. The van der Waals surface area contributed by atoms with Crippen LogP contribution in [0.2, 0.25) is 18.1 Å². The molecule has 65 heavy (non-hydrogen) atoms. The van der Waals surface area contributed by atoms with E-state index in [0.717, 1.165) is 64.6 Å². The summed E-state index contributed by atoms with van der Waals surface area (Å²) < 4.78 is 30.0. The molecule has 15 atom stereocenters. The lowest BCUT2D eigenvalue weighted by molar-refractivity contribution is -0.294. The van der Waals surface area contributed by atoms with Crippen LogP contribution in [0.15, 0.2) is 23.3 Å². The van der Waals surface area contributed by atoms with Crippen molar-refractivity contribution in [2.45, 2.75) is 271 Å². The van der Waals surface area contributed by atoms with Crippen molar-refractivity contribution in [1.29, 1.82) is 0 Å². The molecule has 8 aliphatic carbocycles. The van der Waals surface area contributed by atoms with Crippen molar-refractivity contribution in [3.05, 3.63) is 23.3 Å². The molecule has 6 nitrogen and oxygen atoms in total. The van der Waals surface area contributed by atoms with Crippen molar-refractivity contribution in [2.24, 2.45) is 57.2 Å². The largest absolute Gasteiger partial charge is 0.416 e. The third-order valence-corrected chi connectivity index (χ3v) is 26.7. The van der Waals surface area contributed by atoms with E-state index in [1.54, 1.807) is 5.57 Å². The molecule has 0 bridgehead atoms. The Bertz CT molecular complexity index is 1680. The minimum Gasteiger partial charge on any atom is -0.416 e. The van der Waals surface area contributed by atoms with E-state index in [1.807, 2.05) is 0 Å². The number of unbranched alkanes of at least 4 members (excludes halogenated alkanes) is 3. The molecule has 7 heteroatoms. The van der Waals surface area contributed by atoms with Crippen LogP contribution in [-0.2, 0) is 18.6 Å². The van der Waals surface area contributed by atoms with Crippen LogP contribution in [0.4, 0.5) is 0 Å². The molecule has 6 fully saturated rings. The second-order valence-corrected chi connectivity index (χ2v) is 30.2. The second-order valence-electron chi connectivity index (χ2n) is 25.4. The van der Waals surface area contributed by atoms with Crippen LogP contribution < -0.4 is 0 Å². The van der Waals surface area contributed by atoms with Gasteiger partial charge in [0, 0.05) is 22.9 Å². The van der Waals surface area contributed by atoms with Gasteiger partial charge in [-0.3, -0.25) is 0 Å². The third kappa shape index (κ3) is 8.55. The summed E-state index contributed by atoms with van der Waals surface area (Å²) in [5.74, 6) is 3.83. The summed E-state index contributed by atoms with van der Waals surface area (Å²) in [6.45, 7) is 28.1. The molecule has 0 heterocycles. The number of ether oxygens (including phenoxy) is 3. The quantitative estimate of drug-likeness (QED) is 0.0764. The SMILES string of the molecule is CCCCCCC(C)(O[C@@H]1CC[C@H]2[C@@H]3CCC4=C[C@@H](O)CC[C@]4(CO[Si](CC)(CC)CC)[C@H]3CC[C@]12C)[C@@]1(OC(C)C)CCC2C3CCC4=C[C@H](O)CC[C@]4(COC(C)C)C3CC[C@@]21C. The van der Waals surface area contributed by atoms with Gasteiger partial charge in [0.1, 0.15) is 5.60 Å². The lowest BCUT2D eigenvalue weighted by Gasteiger charge is -2.64. The van der Waals surface area contributed by atoms with Gasteiger partial charge in [-0.1, -0.05) is 90.5 Å². The Labute approximate surface area is 400 Å². The first kappa shape index (κ1) is 50.8. The van der Waals surface area contributed by atoms with E-state index >= 15 is 0 Å². The molecule has 8 aliphatic rings. The van der Waals surface area contributed by atoms with Crippen LogP contribution in [0.25, 0.3) is 0 Å². The maximum atomic E-state index is 11.0.